The van der Waals surface area contributed by atoms with Gasteiger partial charge in [0.25, 0.3) is 0 Å². The van der Waals surface area contributed by atoms with Gasteiger partial charge in [-0.3, -0.25) is 9.59 Å². The van der Waals surface area contributed by atoms with E-state index in [-0.39, 0.29) is 40.9 Å². The van der Waals surface area contributed by atoms with Crippen LogP contribution in [0.2, 0.25) is 18.1 Å². The molecule has 7 nitrogen and oxygen atoms in total. The smallest absolute Gasteiger partial charge is 0.333 e. The van der Waals surface area contributed by atoms with Crippen LogP contribution in [0.4, 0.5) is 0 Å². The molecule has 0 fully saturated rings. The Kier molecular flexibility index (Phi) is 14.7. The van der Waals surface area contributed by atoms with Gasteiger partial charge in [0.2, 0.25) is 11.8 Å². The first-order valence-electron chi connectivity index (χ1n) is 14.7. The average Bonchev–Trinajstić information content (AvgIpc) is 2.85. The summed E-state index contributed by atoms with van der Waals surface area (Å²) in [6.45, 7) is 22.3. The molecule has 9 heteroatoms. The first-order chi connectivity index (χ1) is 19.2. The maximum absolute atomic E-state index is 13.1. The number of allylic oxidation sites excluding steroid dienone is 3. The van der Waals surface area contributed by atoms with Crippen LogP contribution >= 0.6 is 11.6 Å². The minimum Gasteiger partial charge on any atom is -0.458 e. The highest BCUT2D eigenvalue weighted by atomic mass is 35.5. The van der Waals surface area contributed by atoms with Crippen molar-refractivity contribution < 1.29 is 23.5 Å². The average molecular weight is 621 g/mol. The molecular formula is C33H53ClN2O5Si. The molecular weight excluding hydrogens is 568 g/mol. The predicted molar refractivity (Wildman–Crippen MR) is 175 cm³/mol. The Hall–Kier alpha value is -2.42. The largest absolute Gasteiger partial charge is 0.458 e. The van der Waals surface area contributed by atoms with Crippen molar-refractivity contribution in [2.75, 3.05) is 0 Å². The third kappa shape index (κ3) is 13.3. The van der Waals surface area contributed by atoms with E-state index in [1.165, 1.54) is 6.08 Å². The summed E-state index contributed by atoms with van der Waals surface area (Å²) >= 11 is 6.08. The highest BCUT2D eigenvalue weighted by molar-refractivity contribution is 6.74. The summed E-state index contributed by atoms with van der Waals surface area (Å²) in [5.41, 5.74) is 0.111. The molecule has 1 heterocycles. The maximum Gasteiger partial charge on any atom is 0.333 e. The van der Waals surface area contributed by atoms with Crippen molar-refractivity contribution in [1.82, 2.24) is 10.6 Å². The molecule has 0 aliphatic carbocycles. The van der Waals surface area contributed by atoms with Crippen LogP contribution in [0.15, 0.2) is 59.3 Å². The molecule has 0 saturated heterocycles. The number of halogens is 1. The second kappa shape index (κ2) is 16.4. The summed E-state index contributed by atoms with van der Waals surface area (Å²) in [5, 5.41) is 6.45. The Labute approximate surface area is 260 Å². The van der Waals surface area contributed by atoms with E-state index < -0.39 is 19.8 Å². The number of hydrogen-bond acceptors (Lipinski definition) is 5. The number of carbonyl (C=O) groups excluding carboxylic acids is 3. The fourth-order valence-electron chi connectivity index (χ4n) is 3.87. The van der Waals surface area contributed by atoms with E-state index in [0.717, 1.165) is 5.03 Å². The van der Waals surface area contributed by atoms with Gasteiger partial charge < -0.3 is 19.8 Å². The molecule has 1 aliphatic rings. The van der Waals surface area contributed by atoms with Crippen LogP contribution in [-0.2, 0) is 23.5 Å². The van der Waals surface area contributed by atoms with Crippen LogP contribution in [-0.4, -0.2) is 44.4 Å². The molecule has 2 N–H and O–H groups in total. The molecule has 0 bridgehead atoms. The van der Waals surface area contributed by atoms with E-state index in [1.54, 1.807) is 25.3 Å². The van der Waals surface area contributed by atoms with Crippen LogP contribution in [0.1, 0.15) is 81.6 Å². The van der Waals surface area contributed by atoms with Gasteiger partial charge >= 0.3 is 5.97 Å². The molecule has 0 radical (unpaired) electrons. The minimum atomic E-state index is -1.99. The lowest BCUT2D eigenvalue weighted by Gasteiger charge is -2.39. The molecule has 0 saturated carbocycles. The van der Waals surface area contributed by atoms with Gasteiger partial charge in [-0.05, 0) is 56.4 Å². The summed E-state index contributed by atoms with van der Waals surface area (Å²) in [5.74, 6) is -0.973. The molecule has 0 spiro atoms. The number of cyclic esters (lactones) is 1. The van der Waals surface area contributed by atoms with Crippen molar-refractivity contribution in [3.8, 4) is 0 Å². The molecule has 4 atom stereocenters. The van der Waals surface area contributed by atoms with Gasteiger partial charge in [-0.2, -0.15) is 0 Å². The summed E-state index contributed by atoms with van der Waals surface area (Å²) < 4.78 is 12.0. The van der Waals surface area contributed by atoms with Crippen LogP contribution < -0.4 is 10.6 Å². The fraction of sp³-hybridized carbons (Fsp3) is 0.606. The third-order valence-corrected chi connectivity index (χ3v) is 12.4. The number of amides is 2. The summed E-state index contributed by atoms with van der Waals surface area (Å²) in [6.07, 6.45) is 15.7. The molecule has 236 valence electrons. The van der Waals surface area contributed by atoms with Crippen molar-refractivity contribution in [3.05, 3.63) is 59.3 Å². The second-order valence-electron chi connectivity index (χ2n) is 13.7. The highest BCUT2D eigenvalue weighted by Crippen LogP contribution is 2.38. The predicted octanol–water partition coefficient (Wildman–Crippen LogP) is 7.47. The lowest BCUT2D eigenvalue weighted by atomic mass is 9.86. The first kappa shape index (κ1) is 37.6. The Balaban J connectivity index is 2.77. The number of esters is 1. The summed E-state index contributed by atoms with van der Waals surface area (Å²) in [7, 11) is -1.99. The van der Waals surface area contributed by atoms with Gasteiger partial charge in [-0.1, -0.05) is 96.5 Å². The van der Waals surface area contributed by atoms with Crippen molar-refractivity contribution in [1.29, 1.82) is 0 Å². The van der Waals surface area contributed by atoms with Gasteiger partial charge in [0, 0.05) is 29.0 Å². The van der Waals surface area contributed by atoms with Crippen molar-refractivity contribution in [2.24, 2.45) is 11.3 Å². The first-order valence-corrected chi connectivity index (χ1v) is 18.0. The maximum atomic E-state index is 13.1. The van der Waals surface area contributed by atoms with E-state index in [0.29, 0.717) is 24.8 Å². The van der Waals surface area contributed by atoms with E-state index in [4.69, 9.17) is 20.8 Å². The van der Waals surface area contributed by atoms with Gasteiger partial charge in [0.1, 0.15) is 12.1 Å². The van der Waals surface area contributed by atoms with E-state index >= 15 is 0 Å². The van der Waals surface area contributed by atoms with Crippen molar-refractivity contribution >= 4 is 37.7 Å². The van der Waals surface area contributed by atoms with Gasteiger partial charge in [-0.15, -0.1) is 0 Å². The zero-order valence-corrected chi connectivity index (χ0v) is 29.2. The van der Waals surface area contributed by atoms with Crippen LogP contribution in [0.25, 0.3) is 0 Å². The topological polar surface area (TPSA) is 93.7 Å². The van der Waals surface area contributed by atoms with Gasteiger partial charge in [0.05, 0.1) is 6.10 Å². The monoisotopic (exact) mass is 620 g/mol. The molecule has 0 aromatic rings. The summed E-state index contributed by atoms with van der Waals surface area (Å²) in [4.78, 5) is 37.5. The zero-order valence-electron chi connectivity index (χ0n) is 27.5. The Morgan fingerprint density at radius 1 is 1.17 bits per heavy atom. The molecule has 42 heavy (non-hydrogen) atoms. The molecule has 0 aromatic carbocycles. The zero-order chi connectivity index (χ0) is 32.3. The number of hydrogen-bond donors (Lipinski definition) is 2. The fourth-order valence-corrected chi connectivity index (χ4v) is 5.34. The van der Waals surface area contributed by atoms with E-state index in [2.05, 4.69) is 44.5 Å². The van der Waals surface area contributed by atoms with Crippen molar-refractivity contribution in [2.45, 2.75) is 118 Å². The van der Waals surface area contributed by atoms with Gasteiger partial charge in [-0.25, -0.2) is 4.79 Å². The number of carbonyl (C=O) groups is 3. The normalized spacial score (nSPS) is 19.5. The van der Waals surface area contributed by atoms with Crippen LogP contribution in [0.3, 0.4) is 0 Å². The third-order valence-electron chi connectivity index (χ3n) is 7.68. The lowest BCUT2D eigenvalue weighted by molar-refractivity contribution is -0.147. The highest BCUT2D eigenvalue weighted by Gasteiger charge is 2.39. The van der Waals surface area contributed by atoms with Crippen LogP contribution in [0, 0.1) is 11.3 Å². The van der Waals surface area contributed by atoms with Crippen LogP contribution in [0.5, 0.6) is 0 Å². The number of rotatable bonds is 13. The molecule has 1 rings (SSSR count). The SMILES string of the molecule is CC(Cl)=CCC(CC=CNC(=O)C(NC(=O)C=CC=CC(C)C1CC=C(C)C(=O)O1)C(C)(C)C)O[Si](C)(C)C(C)(C)C. The molecule has 2 amide bonds. The van der Waals surface area contributed by atoms with E-state index in [1.807, 2.05) is 58.9 Å². The Morgan fingerprint density at radius 3 is 2.36 bits per heavy atom. The van der Waals surface area contributed by atoms with Gasteiger partial charge in [0.15, 0.2) is 8.32 Å². The summed E-state index contributed by atoms with van der Waals surface area (Å²) in [6, 6.07) is -0.750. The standard InChI is InChI=1S/C33H53ClN2O5Si/c1-23(27-21-18-24(2)31(39)40-27)15-12-13-17-28(37)36-29(32(4,5)6)30(38)35-22-14-16-26(20-19-25(3)34)41-42(10,11)33(7,8)9/h12-15,17-19,22-23,26-27,29H,16,20-21H2,1-11H3,(H,35,38)(H,36,37). The molecule has 1 aliphatic heterocycles. The Morgan fingerprint density at radius 2 is 1.81 bits per heavy atom. The lowest BCUT2D eigenvalue weighted by Crippen LogP contribution is -2.52. The molecule has 4 unspecified atom stereocenters. The van der Waals surface area contributed by atoms with E-state index in [9.17, 15) is 14.4 Å². The Bertz CT molecular complexity index is 1090. The number of ether oxygens (including phenoxy) is 1. The second-order valence-corrected chi connectivity index (χ2v) is 19.0. The van der Waals surface area contributed by atoms with Crippen molar-refractivity contribution in [3.63, 3.8) is 0 Å². The molecule has 0 aromatic heterocycles. The minimum absolute atomic E-state index is 0.00671. The number of nitrogens with one attached hydrogen (secondary N) is 2. The quantitative estimate of drug-likeness (QED) is 0.0964.